The van der Waals surface area contributed by atoms with Crippen LogP contribution in [-0.4, -0.2) is 9.55 Å². The summed E-state index contributed by atoms with van der Waals surface area (Å²) in [5, 5.41) is 0. The third kappa shape index (κ3) is 1.92. The van der Waals surface area contributed by atoms with Crippen molar-refractivity contribution in [1.82, 2.24) is 9.55 Å². The van der Waals surface area contributed by atoms with Crippen molar-refractivity contribution >= 4 is 15.9 Å². The molecule has 2 aromatic rings. The van der Waals surface area contributed by atoms with E-state index in [9.17, 15) is 9.59 Å². The lowest BCUT2D eigenvalue weighted by atomic mass is 10.3. The van der Waals surface area contributed by atoms with E-state index >= 15 is 0 Å². The molecule has 0 aliphatic heterocycles. The smallest absolute Gasteiger partial charge is 0.320 e. The molecule has 0 bridgehead atoms. The molecule has 0 fully saturated rings. The first-order valence-corrected chi connectivity index (χ1v) is 5.04. The Kier molecular flexibility index (Phi) is 2.55. The van der Waals surface area contributed by atoms with Crippen LogP contribution >= 0.6 is 15.9 Å². The average Bonchev–Trinajstić information content (AvgIpc) is 2.22. The third-order valence-corrected chi connectivity index (χ3v) is 2.43. The van der Waals surface area contributed by atoms with Gasteiger partial charge in [-0.1, -0.05) is 22.0 Å². The van der Waals surface area contributed by atoms with Gasteiger partial charge in [0.25, 0.3) is 0 Å². The second kappa shape index (κ2) is 3.86. The molecule has 0 atom stereocenters. The fraction of sp³-hybridized carbons (Fsp3) is 0. The van der Waals surface area contributed by atoms with Gasteiger partial charge in [-0.3, -0.25) is 14.2 Å². The molecule has 5 heteroatoms. The van der Waals surface area contributed by atoms with Crippen molar-refractivity contribution in [2.24, 2.45) is 0 Å². The van der Waals surface area contributed by atoms with Crippen LogP contribution in [0, 0.1) is 0 Å². The van der Waals surface area contributed by atoms with Crippen molar-refractivity contribution in [3.63, 3.8) is 0 Å². The van der Waals surface area contributed by atoms with Gasteiger partial charge >= 0.3 is 11.1 Å². The molecule has 1 aromatic carbocycles. The summed E-state index contributed by atoms with van der Waals surface area (Å²) in [6, 6.07) is 7.17. The molecule has 0 amide bonds. The van der Waals surface area contributed by atoms with Crippen LogP contribution in [0.5, 0.6) is 0 Å². The van der Waals surface area contributed by atoms with Crippen LogP contribution in [-0.2, 0) is 0 Å². The number of aromatic amines is 1. The van der Waals surface area contributed by atoms with E-state index in [1.165, 1.54) is 17.0 Å². The first-order chi connectivity index (χ1) is 7.18. The number of nitrogens with one attached hydrogen (secondary N) is 1. The molecule has 0 unspecified atom stereocenters. The lowest BCUT2D eigenvalue weighted by Crippen LogP contribution is -2.34. The third-order valence-electron chi connectivity index (χ3n) is 1.94. The van der Waals surface area contributed by atoms with E-state index in [1.807, 2.05) is 6.07 Å². The fourth-order valence-electron chi connectivity index (χ4n) is 1.26. The Labute approximate surface area is 93.3 Å². The zero-order valence-electron chi connectivity index (χ0n) is 7.61. The van der Waals surface area contributed by atoms with Crippen molar-refractivity contribution in [3.05, 3.63) is 61.8 Å². The van der Waals surface area contributed by atoms with Gasteiger partial charge in [-0.25, -0.2) is 0 Å². The van der Waals surface area contributed by atoms with Crippen LogP contribution in [0.25, 0.3) is 5.69 Å². The molecule has 1 N–H and O–H groups in total. The van der Waals surface area contributed by atoms with Crippen LogP contribution in [0.1, 0.15) is 0 Å². The molecule has 1 heterocycles. The second-order valence-corrected chi connectivity index (χ2v) is 3.86. The van der Waals surface area contributed by atoms with Crippen molar-refractivity contribution in [2.45, 2.75) is 0 Å². The quantitative estimate of drug-likeness (QED) is 0.791. The first-order valence-electron chi connectivity index (χ1n) is 4.25. The maximum atomic E-state index is 11.5. The number of rotatable bonds is 1. The van der Waals surface area contributed by atoms with E-state index in [4.69, 9.17) is 0 Å². The van der Waals surface area contributed by atoms with Gasteiger partial charge in [0, 0.05) is 22.6 Å². The largest absolute Gasteiger partial charge is 0.323 e. The van der Waals surface area contributed by atoms with E-state index in [2.05, 4.69) is 20.9 Å². The zero-order valence-corrected chi connectivity index (χ0v) is 9.19. The topological polar surface area (TPSA) is 54.9 Å². The molecule has 0 aliphatic carbocycles. The van der Waals surface area contributed by atoms with Gasteiger partial charge < -0.3 is 4.98 Å². The number of H-pyrrole nitrogens is 1. The lowest BCUT2D eigenvalue weighted by molar-refractivity contribution is 0.927. The molecular weight excluding hydrogens is 260 g/mol. The Hall–Kier alpha value is -1.62. The average molecular weight is 267 g/mol. The van der Waals surface area contributed by atoms with Gasteiger partial charge in [0.2, 0.25) is 0 Å². The summed E-state index contributed by atoms with van der Waals surface area (Å²) in [4.78, 5) is 24.9. The predicted molar refractivity (Wildman–Crippen MR) is 60.4 cm³/mol. The van der Waals surface area contributed by atoms with Gasteiger partial charge in [-0.2, -0.15) is 0 Å². The van der Waals surface area contributed by atoms with Gasteiger partial charge in [0.15, 0.2) is 0 Å². The van der Waals surface area contributed by atoms with E-state index in [0.29, 0.717) is 5.69 Å². The highest BCUT2D eigenvalue weighted by atomic mass is 79.9. The van der Waals surface area contributed by atoms with Crippen LogP contribution in [0.4, 0.5) is 0 Å². The van der Waals surface area contributed by atoms with Crippen LogP contribution in [0.3, 0.4) is 0 Å². The molecule has 2 rings (SSSR count). The predicted octanol–water partition coefficient (Wildman–Crippen LogP) is 1.29. The lowest BCUT2D eigenvalue weighted by Gasteiger charge is -2.03. The Bertz CT molecular complexity index is 601. The highest BCUT2D eigenvalue weighted by Crippen LogP contribution is 2.13. The van der Waals surface area contributed by atoms with Gasteiger partial charge in [-0.05, 0) is 18.2 Å². The van der Waals surface area contributed by atoms with E-state index in [1.54, 1.807) is 18.2 Å². The minimum atomic E-state index is -0.627. The second-order valence-electron chi connectivity index (χ2n) is 2.94. The normalized spacial score (nSPS) is 10.2. The molecular formula is C10H7BrN2O2. The summed E-state index contributed by atoms with van der Waals surface area (Å²) in [5.74, 6) is 0. The summed E-state index contributed by atoms with van der Waals surface area (Å²) in [5.41, 5.74) is -0.562. The fourth-order valence-corrected chi connectivity index (χ4v) is 1.64. The Morgan fingerprint density at radius 1 is 1.27 bits per heavy atom. The SMILES string of the molecule is O=c1[nH]ccn(-c2cccc(Br)c2)c1=O. The van der Waals surface area contributed by atoms with Crippen molar-refractivity contribution in [1.29, 1.82) is 0 Å². The minimum Gasteiger partial charge on any atom is -0.323 e. The number of hydrogen-bond donors (Lipinski definition) is 1. The van der Waals surface area contributed by atoms with Crippen molar-refractivity contribution in [3.8, 4) is 5.69 Å². The molecule has 0 aliphatic rings. The number of aromatic nitrogens is 2. The van der Waals surface area contributed by atoms with Crippen molar-refractivity contribution < 1.29 is 0 Å². The van der Waals surface area contributed by atoms with Gasteiger partial charge in [0.05, 0.1) is 0 Å². The summed E-state index contributed by atoms with van der Waals surface area (Å²) in [7, 11) is 0. The number of benzene rings is 1. The molecule has 76 valence electrons. The van der Waals surface area contributed by atoms with Gasteiger partial charge in [-0.15, -0.1) is 0 Å². The highest BCUT2D eigenvalue weighted by molar-refractivity contribution is 9.10. The van der Waals surface area contributed by atoms with E-state index < -0.39 is 11.1 Å². The Morgan fingerprint density at radius 2 is 2.07 bits per heavy atom. The Balaban J connectivity index is 2.70. The monoisotopic (exact) mass is 266 g/mol. The molecule has 0 saturated heterocycles. The Morgan fingerprint density at radius 3 is 2.80 bits per heavy atom. The summed E-state index contributed by atoms with van der Waals surface area (Å²) in [6.45, 7) is 0. The van der Waals surface area contributed by atoms with Gasteiger partial charge in [0.1, 0.15) is 0 Å². The van der Waals surface area contributed by atoms with Crippen LogP contribution in [0.15, 0.2) is 50.7 Å². The van der Waals surface area contributed by atoms with E-state index in [0.717, 1.165) is 4.47 Å². The number of halogens is 1. The zero-order chi connectivity index (χ0) is 10.8. The number of nitrogens with zero attached hydrogens (tertiary/aromatic N) is 1. The maximum Gasteiger partial charge on any atom is 0.320 e. The maximum absolute atomic E-state index is 11.5. The molecule has 0 radical (unpaired) electrons. The molecule has 0 saturated carbocycles. The summed E-state index contributed by atoms with van der Waals surface area (Å²) >= 11 is 3.30. The van der Waals surface area contributed by atoms with E-state index in [-0.39, 0.29) is 0 Å². The summed E-state index contributed by atoms with van der Waals surface area (Å²) in [6.07, 6.45) is 2.95. The standard InChI is InChI=1S/C10H7BrN2O2/c11-7-2-1-3-8(6-7)13-5-4-12-9(14)10(13)15/h1-6H,(H,12,14). The minimum absolute atomic E-state index is 0.587. The van der Waals surface area contributed by atoms with Crippen LogP contribution < -0.4 is 11.1 Å². The molecule has 15 heavy (non-hydrogen) atoms. The van der Waals surface area contributed by atoms with Crippen molar-refractivity contribution in [2.75, 3.05) is 0 Å². The first kappa shape index (κ1) is 9.92. The van der Waals surface area contributed by atoms with Crippen LogP contribution in [0.2, 0.25) is 0 Å². The summed E-state index contributed by atoms with van der Waals surface area (Å²) < 4.78 is 2.15. The highest BCUT2D eigenvalue weighted by Gasteiger charge is 2.01. The molecule has 0 spiro atoms. The number of hydrogen-bond acceptors (Lipinski definition) is 2. The molecule has 1 aromatic heterocycles. The molecule has 4 nitrogen and oxygen atoms in total.